The molecule has 2 N–H and O–H groups in total. The maximum atomic E-state index is 13.0. The second-order valence-electron chi connectivity index (χ2n) is 7.83. The minimum atomic E-state index is -4.58. The van der Waals surface area contributed by atoms with Crippen LogP contribution in [0.25, 0.3) is 11.5 Å². The van der Waals surface area contributed by atoms with E-state index in [2.05, 4.69) is 30.2 Å². The molecule has 32 heavy (non-hydrogen) atoms. The highest BCUT2D eigenvalue weighted by atomic mass is 19.4. The SMILES string of the molecule is CCN(CC(C)(C)O)c1nc(Nc2ccnc(C(F)(F)F)c2)nc(-c2cccc(C)n2)n1. The summed E-state index contributed by atoms with van der Waals surface area (Å²) in [6.45, 7) is 7.75. The molecule has 0 aliphatic heterocycles. The molecule has 170 valence electrons. The Bertz CT molecular complexity index is 1080. The van der Waals surface area contributed by atoms with Gasteiger partial charge in [-0.05, 0) is 52.0 Å². The van der Waals surface area contributed by atoms with Crippen LogP contribution in [0.3, 0.4) is 0 Å². The van der Waals surface area contributed by atoms with Gasteiger partial charge in [-0.3, -0.25) is 4.98 Å². The molecule has 8 nitrogen and oxygen atoms in total. The summed E-state index contributed by atoms with van der Waals surface area (Å²) >= 11 is 0. The number of nitrogens with one attached hydrogen (secondary N) is 1. The third-order valence-corrected chi connectivity index (χ3v) is 4.29. The van der Waals surface area contributed by atoms with Gasteiger partial charge in [0, 0.05) is 30.7 Å². The molecule has 0 saturated carbocycles. The number of anilines is 3. The first-order chi connectivity index (χ1) is 14.9. The number of hydrogen-bond donors (Lipinski definition) is 2. The molecule has 0 radical (unpaired) electrons. The number of halogens is 3. The van der Waals surface area contributed by atoms with Crippen molar-refractivity contribution in [2.75, 3.05) is 23.3 Å². The van der Waals surface area contributed by atoms with Gasteiger partial charge < -0.3 is 15.3 Å². The monoisotopic (exact) mass is 447 g/mol. The standard InChI is InChI=1S/C21H24F3N7O/c1-5-31(12-20(3,4)32)19-29-17(15-8-6-7-13(2)26-15)28-18(30-19)27-14-9-10-25-16(11-14)21(22,23)24/h6-11,32H,5,12H2,1-4H3,(H,25,27,28,29,30). The van der Waals surface area contributed by atoms with E-state index < -0.39 is 17.5 Å². The summed E-state index contributed by atoms with van der Waals surface area (Å²) in [5.74, 6) is 0.554. The molecule has 3 aromatic heterocycles. The van der Waals surface area contributed by atoms with Crippen molar-refractivity contribution in [3.63, 3.8) is 0 Å². The predicted octanol–water partition coefficient (Wildman–Crippen LogP) is 4.00. The fraction of sp³-hybridized carbons (Fsp3) is 0.381. The Morgan fingerprint density at radius 1 is 1.06 bits per heavy atom. The van der Waals surface area contributed by atoms with Crippen LogP contribution in [0.2, 0.25) is 0 Å². The lowest BCUT2D eigenvalue weighted by Gasteiger charge is -2.28. The van der Waals surface area contributed by atoms with Crippen LogP contribution < -0.4 is 10.2 Å². The third kappa shape index (κ3) is 6.10. The lowest BCUT2D eigenvalue weighted by molar-refractivity contribution is -0.141. The zero-order valence-corrected chi connectivity index (χ0v) is 18.1. The molecule has 3 rings (SSSR count). The van der Waals surface area contributed by atoms with Gasteiger partial charge in [0.15, 0.2) is 5.82 Å². The predicted molar refractivity (Wildman–Crippen MR) is 115 cm³/mol. The van der Waals surface area contributed by atoms with Gasteiger partial charge in [-0.2, -0.15) is 28.1 Å². The summed E-state index contributed by atoms with van der Waals surface area (Å²) in [5.41, 5.74) is -0.689. The highest BCUT2D eigenvalue weighted by Crippen LogP contribution is 2.29. The van der Waals surface area contributed by atoms with Gasteiger partial charge in [-0.15, -0.1) is 0 Å². The highest BCUT2D eigenvalue weighted by molar-refractivity contribution is 5.59. The van der Waals surface area contributed by atoms with Gasteiger partial charge in [0.1, 0.15) is 11.4 Å². The van der Waals surface area contributed by atoms with Crippen molar-refractivity contribution in [1.29, 1.82) is 0 Å². The van der Waals surface area contributed by atoms with E-state index in [4.69, 9.17) is 0 Å². The van der Waals surface area contributed by atoms with Crippen molar-refractivity contribution in [3.8, 4) is 11.5 Å². The molecular formula is C21H24F3N7O. The van der Waals surface area contributed by atoms with E-state index in [0.29, 0.717) is 12.2 Å². The first-order valence-electron chi connectivity index (χ1n) is 9.92. The molecule has 0 aliphatic carbocycles. The molecule has 0 aliphatic rings. The normalized spacial score (nSPS) is 12.0. The maximum absolute atomic E-state index is 13.0. The number of aromatic nitrogens is 5. The van der Waals surface area contributed by atoms with Crippen LogP contribution in [0, 0.1) is 6.92 Å². The van der Waals surface area contributed by atoms with E-state index in [1.54, 1.807) is 30.9 Å². The summed E-state index contributed by atoms with van der Waals surface area (Å²) in [6.07, 6.45) is -3.52. The van der Waals surface area contributed by atoms with Crippen molar-refractivity contribution in [1.82, 2.24) is 24.9 Å². The first-order valence-corrected chi connectivity index (χ1v) is 9.92. The number of aryl methyl sites for hydroxylation is 1. The Morgan fingerprint density at radius 2 is 1.81 bits per heavy atom. The van der Waals surface area contributed by atoms with E-state index in [1.807, 2.05) is 19.9 Å². The van der Waals surface area contributed by atoms with Gasteiger partial charge in [0.25, 0.3) is 0 Å². The molecule has 0 unspecified atom stereocenters. The van der Waals surface area contributed by atoms with Crippen LogP contribution in [0.1, 0.15) is 32.2 Å². The van der Waals surface area contributed by atoms with Crippen molar-refractivity contribution < 1.29 is 18.3 Å². The molecule has 0 spiro atoms. The number of hydrogen-bond acceptors (Lipinski definition) is 8. The van der Waals surface area contributed by atoms with Crippen LogP contribution in [0.5, 0.6) is 0 Å². The average molecular weight is 447 g/mol. The Labute approximate surface area is 183 Å². The molecule has 0 saturated heterocycles. The minimum Gasteiger partial charge on any atom is -0.389 e. The Kier molecular flexibility index (Phi) is 6.58. The zero-order valence-electron chi connectivity index (χ0n) is 18.1. The Hall–Kier alpha value is -3.34. The van der Waals surface area contributed by atoms with Crippen LogP contribution in [-0.2, 0) is 6.18 Å². The number of pyridine rings is 2. The zero-order chi connectivity index (χ0) is 23.5. The van der Waals surface area contributed by atoms with Crippen LogP contribution >= 0.6 is 0 Å². The molecule has 11 heteroatoms. The minimum absolute atomic E-state index is 0.0434. The van der Waals surface area contributed by atoms with Crippen molar-refractivity contribution >= 4 is 17.6 Å². The quantitative estimate of drug-likeness (QED) is 0.561. The van der Waals surface area contributed by atoms with Crippen molar-refractivity contribution in [2.45, 2.75) is 39.5 Å². The summed E-state index contributed by atoms with van der Waals surface area (Å²) in [5, 5.41) is 13.1. The van der Waals surface area contributed by atoms with Crippen LogP contribution in [-0.4, -0.2) is 48.7 Å². The van der Waals surface area contributed by atoms with Gasteiger partial charge in [-0.25, -0.2) is 4.98 Å². The summed E-state index contributed by atoms with van der Waals surface area (Å²) in [4.78, 5) is 22.8. The third-order valence-electron chi connectivity index (χ3n) is 4.29. The van der Waals surface area contributed by atoms with E-state index in [0.717, 1.165) is 18.0 Å². The second-order valence-corrected chi connectivity index (χ2v) is 7.83. The summed E-state index contributed by atoms with van der Waals surface area (Å²) < 4.78 is 39.1. The molecule has 0 amide bonds. The maximum Gasteiger partial charge on any atom is 0.433 e. The second kappa shape index (κ2) is 9.03. The molecule has 0 fully saturated rings. The smallest absolute Gasteiger partial charge is 0.389 e. The van der Waals surface area contributed by atoms with Crippen LogP contribution in [0.4, 0.5) is 30.8 Å². The van der Waals surface area contributed by atoms with Crippen LogP contribution in [0.15, 0.2) is 36.5 Å². The van der Waals surface area contributed by atoms with E-state index in [1.165, 1.54) is 6.07 Å². The summed E-state index contributed by atoms with van der Waals surface area (Å²) in [7, 11) is 0. The van der Waals surface area contributed by atoms with E-state index in [-0.39, 0.29) is 30.0 Å². The molecular weight excluding hydrogens is 423 g/mol. The Morgan fingerprint density at radius 3 is 2.44 bits per heavy atom. The highest BCUT2D eigenvalue weighted by Gasteiger charge is 2.32. The van der Waals surface area contributed by atoms with Crippen molar-refractivity contribution in [2.24, 2.45) is 0 Å². The molecule has 3 aromatic rings. The first kappa shape index (κ1) is 23.3. The number of rotatable bonds is 7. The molecule has 0 atom stereocenters. The number of nitrogens with zero attached hydrogens (tertiary/aromatic N) is 6. The fourth-order valence-corrected chi connectivity index (χ4v) is 2.93. The van der Waals surface area contributed by atoms with Gasteiger partial charge in [-0.1, -0.05) is 6.07 Å². The van der Waals surface area contributed by atoms with E-state index >= 15 is 0 Å². The molecule has 0 bridgehead atoms. The number of aliphatic hydroxyl groups is 1. The lowest BCUT2D eigenvalue weighted by atomic mass is 10.1. The number of likely N-dealkylation sites (N-methyl/N-ethyl adjacent to an activating group) is 1. The average Bonchev–Trinajstić information content (AvgIpc) is 2.71. The molecule has 0 aromatic carbocycles. The van der Waals surface area contributed by atoms with Gasteiger partial charge in [0.05, 0.1) is 5.60 Å². The lowest BCUT2D eigenvalue weighted by Crippen LogP contribution is -2.39. The largest absolute Gasteiger partial charge is 0.433 e. The van der Waals surface area contributed by atoms with Gasteiger partial charge in [0.2, 0.25) is 11.9 Å². The van der Waals surface area contributed by atoms with Gasteiger partial charge >= 0.3 is 6.18 Å². The fourth-order valence-electron chi connectivity index (χ4n) is 2.93. The topological polar surface area (TPSA) is 100.0 Å². The Balaban J connectivity index is 2.06. The molecule has 3 heterocycles. The van der Waals surface area contributed by atoms with E-state index in [9.17, 15) is 18.3 Å². The summed E-state index contributed by atoms with van der Waals surface area (Å²) in [6, 6.07) is 7.63. The number of alkyl halides is 3. The van der Waals surface area contributed by atoms with Crippen molar-refractivity contribution in [3.05, 3.63) is 47.9 Å².